The predicted octanol–water partition coefficient (Wildman–Crippen LogP) is 5.06. The van der Waals surface area contributed by atoms with Gasteiger partial charge in [-0.15, -0.1) is 16.8 Å². The molecule has 0 saturated carbocycles. The van der Waals surface area contributed by atoms with Gasteiger partial charge in [-0.1, -0.05) is 75.0 Å². The van der Waals surface area contributed by atoms with Gasteiger partial charge in [-0.2, -0.15) is 4.98 Å². The highest BCUT2D eigenvalue weighted by Crippen LogP contribution is 2.28. The summed E-state index contributed by atoms with van der Waals surface area (Å²) in [6, 6.07) is 8.52. The maximum Gasteiger partial charge on any atom is 0.237 e. The standard InChI is InChI=1S/C21H27N5OS/c1-6-8-17-22-18(27-25-17)14-28-20-24-23-19(26(20)13-7-2)15-9-11-16(12-10-15)21(3,4)5/h7,9-12H,2,6,8,13-14H2,1,3-5H3. The first-order valence-electron chi connectivity index (χ1n) is 9.51. The van der Waals surface area contributed by atoms with E-state index in [1.165, 1.54) is 17.3 Å². The van der Waals surface area contributed by atoms with Gasteiger partial charge in [0.15, 0.2) is 16.8 Å². The van der Waals surface area contributed by atoms with E-state index in [0.717, 1.165) is 35.2 Å². The molecule has 0 unspecified atom stereocenters. The molecule has 28 heavy (non-hydrogen) atoms. The highest BCUT2D eigenvalue weighted by molar-refractivity contribution is 7.98. The second-order valence-corrected chi connectivity index (χ2v) is 8.62. The number of aryl methyl sites for hydroxylation is 1. The molecule has 0 aliphatic carbocycles. The average Bonchev–Trinajstić information content (AvgIpc) is 3.27. The van der Waals surface area contributed by atoms with Gasteiger partial charge >= 0.3 is 0 Å². The quantitative estimate of drug-likeness (QED) is 0.391. The molecule has 0 spiro atoms. The SMILES string of the molecule is C=CCn1c(SCc2nc(CCC)no2)nnc1-c1ccc(C(C)(C)C)cc1. The van der Waals surface area contributed by atoms with Crippen molar-refractivity contribution in [3.63, 3.8) is 0 Å². The van der Waals surface area contributed by atoms with Crippen LogP contribution in [0.5, 0.6) is 0 Å². The molecule has 3 aromatic rings. The van der Waals surface area contributed by atoms with Crippen LogP contribution in [-0.2, 0) is 24.1 Å². The van der Waals surface area contributed by atoms with Crippen molar-refractivity contribution in [2.75, 3.05) is 0 Å². The van der Waals surface area contributed by atoms with Gasteiger partial charge in [0.05, 0.1) is 5.75 Å². The fourth-order valence-corrected chi connectivity index (χ4v) is 3.61. The molecule has 1 aromatic carbocycles. The Kier molecular flexibility index (Phi) is 6.34. The van der Waals surface area contributed by atoms with E-state index in [9.17, 15) is 0 Å². The zero-order valence-corrected chi connectivity index (χ0v) is 17.8. The molecule has 0 saturated heterocycles. The first kappa shape index (κ1) is 20.3. The molecule has 2 aromatic heterocycles. The summed E-state index contributed by atoms with van der Waals surface area (Å²) in [4.78, 5) is 4.41. The van der Waals surface area contributed by atoms with Crippen molar-refractivity contribution < 1.29 is 4.52 Å². The van der Waals surface area contributed by atoms with E-state index in [-0.39, 0.29) is 5.41 Å². The van der Waals surface area contributed by atoms with Crippen LogP contribution in [0.1, 0.15) is 51.4 Å². The van der Waals surface area contributed by atoms with E-state index < -0.39 is 0 Å². The van der Waals surface area contributed by atoms with Gasteiger partial charge in [0.1, 0.15) is 0 Å². The summed E-state index contributed by atoms with van der Waals surface area (Å²) >= 11 is 1.54. The fraction of sp³-hybridized carbons (Fsp3) is 0.429. The monoisotopic (exact) mass is 397 g/mol. The minimum Gasteiger partial charge on any atom is -0.338 e. The van der Waals surface area contributed by atoms with Crippen LogP contribution >= 0.6 is 11.8 Å². The van der Waals surface area contributed by atoms with E-state index in [1.54, 1.807) is 0 Å². The zero-order chi connectivity index (χ0) is 20.1. The normalized spacial score (nSPS) is 11.7. The second-order valence-electron chi connectivity index (χ2n) is 7.68. The molecule has 0 bridgehead atoms. The number of hydrogen-bond acceptors (Lipinski definition) is 6. The molecule has 0 aliphatic rings. The lowest BCUT2D eigenvalue weighted by Crippen LogP contribution is -2.10. The molecule has 3 rings (SSSR count). The van der Waals surface area contributed by atoms with Crippen LogP contribution in [0.25, 0.3) is 11.4 Å². The number of thioether (sulfide) groups is 1. The minimum atomic E-state index is 0.120. The zero-order valence-electron chi connectivity index (χ0n) is 17.0. The molecule has 0 aliphatic heterocycles. The van der Waals surface area contributed by atoms with Crippen molar-refractivity contribution in [3.05, 3.63) is 54.2 Å². The van der Waals surface area contributed by atoms with E-state index >= 15 is 0 Å². The molecule has 148 valence electrons. The van der Waals surface area contributed by atoms with Crippen molar-refractivity contribution in [1.82, 2.24) is 24.9 Å². The smallest absolute Gasteiger partial charge is 0.237 e. The number of allylic oxidation sites excluding steroid dienone is 1. The highest BCUT2D eigenvalue weighted by Gasteiger charge is 2.17. The third-order valence-electron chi connectivity index (χ3n) is 4.35. The van der Waals surface area contributed by atoms with Crippen LogP contribution < -0.4 is 0 Å². The third-order valence-corrected chi connectivity index (χ3v) is 5.30. The lowest BCUT2D eigenvalue weighted by atomic mass is 9.87. The Bertz CT molecular complexity index is 921. The number of rotatable bonds is 8. The molecule has 0 N–H and O–H groups in total. The van der Waals surface area contributed by atoms with Crippen LogP contribution in [-0.4, -0.2) is 24.9 Å². The lowest BCUT2D eigenvalue weighted by Gasteiger charge is -2.19. The highest BCUT2D eigenvalue weighted by atomic mass is 32.2. The van der Waals surface area contributed by atoms with Crippen LogP contribution in [0.4, 0.5) is 0 Å². The number of nitrogens with zero attached hydrogens (tertiary/aromatic N) is 5. The van der Waals surface area contributed by atoms with E-state index in [0.29, 0.717) is 18.2 Å². The predicted molar refractivity (Wildman–Crippen MR) is 112 cm³/mol. The summed E-state index contributed by atoms with van der Waals surface area (Å²) in [7, 11) is 0. The fourth-order valence-electron chi connectivity index (χ4n) is 2.82. The maximum absolute atomic E-state index is 5.32. The molecule has 0 fully saturated rings. The van der Waals surface area contributed by atoms with Gasteiger partial charge in [0.25, 0.3) is 0 Å². The Hall–Kier alpha value is -2.41. The Morgan fingerprint density at radius 3 is 2.57 bits per heavy atom. The summed E-state index contributed by atoms with van der Waals surface area (Å²) in [5, 5.41) is 13.6. The summed E-state index contributed by atoms with van der Waals surface area (Å²) in [5.74, 6) is 2.76. The van der Waals surface area contributed by atoms with Gasteiger partial charge in [-0.05, 0) is 17.4 Å². The van der Waals surface area contributed by atoms with Crippen LogP contribution in [0.15, 0.2) is 46.6 Å². The number of aromatic nitrogens is 5. The third kappa shape index (κ3) is 4.70. The Morgan fingerprint density at radius 2 is 1.93 bits per heavy atom. The molecule has 6 nitrogen and oxygen atoms in total. The van der Waals surface area contributed by atoms with Gasteiger partial charge < -0.3 is 4.52 Å². The minimum absolute atomic E-state index is 0.120. The Morgan fingerprint density at radius 1 is 1.18 bits per heavy atom. The molecule has 2 heterocycles. The Balaban J connectivity index is 1.80. The number of hydrogen-bond donors (Lipinski definition) is 0. The van der Waals surface area contributed by atoms with Gasteiger partial charge in [-0.25, -0.2) is 0 Å². The summed E-state index contributed by atoms with van der Waals surface area (Å²) in [6.45, 7) is 13.2. The van der Waals surface area contributed by atoms with Crippen molar-refractivity contribution in [2.24, 2.45) is 0 Å². The maximum atomic E-state index is 5.32. The number of benzene rings is 1. The van der Waals surface area contributed by atoms with Crippen LogP contribution in [0.2, 0.25) is 0 Å². The lowest BCUT2D eigenvalue weighted by molar-refractivity contribution is 0.384. The molecule has 0 amide bonds. The van der Waals surface area contributed by atoms with Crippen molar-refractivity contribution in [2.45, 2.75) is 63.4 Å². The van der Waals surface area contributed by atoms with Crippen molar-refractivity contribution in [1.29, 1.82) is 0 Å². The summed E-state index contributed by atoms with van der Waals surface area (Å²) in [5.41, 5.74) is 2.45. The van der Waals surface area contributed by atoms with Crippen molar-refractivity contribution in [3.8, 4) is 11.4 Å². The van der Waals surface area contributed by atoms with Gasteiger partial charge in [0.2, 0.25) is 5.89 Å². The molecule has 7 heteroatoms. The second kappa shape index (κ2) is 8.73. The molecule has 0 atom stereocenters. The van der Waals surface area contributed by atoms with Crippen molar-refractivity contribution >= 4 is 11.8 Å². The van der Waals surface area contributed by atoms with Crippen LogP contribution in [0, 0.1) is 0 Å². The van der Waals surface area contributed by atoms with E-state index in [4.69, 9.17) is 4.52 Å². The summed E-state index contributed by atoms with van der Waals surface area (Å²) in [6.07, 6.45) is 3.68. The van der Waals surface area contributed by atoms with E-state index in [2.05, 4.69) is 83.4 Å². The van der Waals surface area contributed by atoms with Gasteiger partial charge in [-0.3, -0.25) is 4.57 Å². The van der Waals surface area contributed by atoms with Gasteiger partial charge in [0, 0.05) is 18.5 Å². The molecule has 0 radical (unpaired) electrons. The largest absolute Gasteiger partial charge is 0.338 e. The molecular weight excluding hydrogens is 370 g/mol. The first-order valence-corrected chi connectivity index (χ1v) is 10.5. The first-order chi connectivity index (χ1) is 13.4. The summed E-state index contributed by atoms with van der Waals surface area (Å²) < 4.78 is 7.38. The average molecular weight is 398 g/mol. The molecular formula is C21H27N5OS. The Labute approximate surface area is 170 Å². The van der Waals surface area contributed by atoms with Crippen LogP contribution in [0.3, 0.4) is 0 Å². The topological polar surface area (TPSA) is 69.6 Å². The van der Waals surface area contributed by atoms with E-state index in [1.807, 2.05) is 6.08 Å².